The van der Waals surface area contributed by atoms with E-state index < -0.39 is 5.54 Å². The third-order valence-electron chi connectivity index (χ3n) is 5.78. The highest BCUT2D eigenvalue weighted by Crippen LogP contribution is 2.58. The summed E-state index contributed by atoms with van der Waals surface area (Å²) >= 11 is 0. The summed E-state index contributed by atoms with van der Waals surface area (Å²) in [4.78, 5) is 15.1. The topological polar surface area (TPSA) is 64.8 Å². The first-order chi connectivity index (χ1) is 9.89. The highest BCUT2D eigenvalue weighted by Gasteiger charge is 2.70. The molecule has 1 aliphatic carbocycles. The molecule has 1 amide bonds. The molecule has 0 bridgehead atoms. The molecule has 0 aromatic carbocycles. The summed E-state index contributed by atoms with van der Waals surface area (Å²) in [5.74, 6) is 0.254. The lowest BCUT2D eigenvalue weighted by Gasteiger charge is -2.65. The largest absolute Gasteiger partial charge is 0.377 e. The molecule has 3 fully saturated rings. The number of ether oxygens (including phenoxy) is 2. The first kappa shape index (κ1) is 18.0. The summed E-state index contributed by atoms with van der Waals surface area (Å²) in [6.07, 6.45) is 3.10. The zero-order valence-electron chi connectivity index (χ0n) is 13.8. The Morgan fingerprint density at radius 3 is 2.64 bits per heavy atom. The van der Waals surface area contributed by atoms with Crippen LogP contribution in [0, 0.1) is 11.3 Å². The Kier molecular flexibility index (Phi) is 5.12. The van der Waals surface area contributed by atoms with Gasteiger partial charge in [-0.3, -0.25) is 4.79 Å². The van der Waals surface area contributed by atoms with Crippen LogP contribution in [0.3, 0.4) is 0 Å². The van der Waals surface area contributed by atoms with E-state index in [9.17, 15) is 4.79 Å². The van der Waals surface area contributed by atoms with Crippen molar-refractivity contribution in [1.29, 1.82) is 0 Å². The molecule has 0 spiro atoms. The predicted octanol–water partition coefficient (Wildman–Crippen LogP) is 1.58. The fraction of sp³-hybridized carbons (Fsp3) is 0.938. The van der Waals surface area contributed by atoms with E-state index in [1.54, 1.807) is 0 Å². The van der Waals surface area contributed by atoms with Crippen molar-refractivity contribution in [2.45, 2.75) is 57.8 Å². The second-order valence-corrected chi connectivity index (χ2v) is 7.42. The van der Waals surface area contributed by atoms with Gasteiger partial charge in [0, 0.05) is 37.6 Å². The van der Waals surface area contributed by atoms with Crippen molar-refractivity contribution in [2.24, 2.45) is 17.1 Å². The molecule has 22 heavy (non-hydrogen) atoms. The van der Waals surface area contributed by atoms with E-state index in [2.05, 4.69) is 13.8 Å². The van der Waals surface area contributed by atoms with E-state index in [0.29, 0.717) is 6.54 Å². The van der Waals surface area contributed by atoms with Gasteiger partial charge in [0.05, 0.1) is 12.2 Å². The SMILES string of the molecule is CC1CN(C(=O)C2(N)C3CCCOC3C2(C)C)CCCO1.Cl. The normalized spacial score (nSPS) is 40.7. The van der Waals surface area contributed by atoms with Gasteiger partial charge in [-0.1, -0.05) is 13.8 Å². The summed E-state index contributed by atoms with van der Waals surface area (Å²) in [6, 6.07) is 0. The van der Waals surface area contributed by atoms with Gasteiger partial charge in [-0.05, 0) is 26.2 Å². The van der Waals surface area contributed by atoms with E-state index in [0.717, 1.165) is 39.0 Å². The summed E-state index contributed by atoms with van der Waals surface area (Å²) in [6.45, 7) is 9.09. The minimum absolute atomic E-state index is 0. The number of nitrogens with zero attached hydrogens (tertiary/aromatic N) is 1. The number of amides is 1. The van der Waals surface area contributed by atoms with Crippen LogP contribution < -0.4 is 5.73 Å². The van der Waals surface area contributed by atoms with Gasteiger partial charge in [-0.15, -0.1) is 12.4 Å². The molecule has 0 radical (unpaired) electrons. The molecule has 6 heteroatoms. The van der Waals surface area contributed by atoms with Gasteiger partial charge in [0.15, 0.2) is 0 Å². The van der Waals surface area contributed by atoms with Gasteiger partial charge >= 0.3 is 0 Å². The molecule has 3 aliphatic rings. The second kappa shape index (κ2) is 6.27. The van der Waals surface area contributed by atoms with Gasteiger partial charge in [-0.25, -0.2) is 0 Å². The van der Waals surface area contributed by atoms with Crippen LogP contribution in [0.15, 0.2) is 0 Å². The van der Waals surface area contributed by atoms with Crippen LogP contribution in [0.5, 0.6) is 0 Å². The number of hydrogen-bond acceptors (Lipinski definition) is 4. The number of fused-ring (bicyclic) bond motifs is 1. The first-order valence-electron chi connectivity index (χ1n) is 8.20. The highest BCUT2D eigenvalue weighted by molar-refractivity contribution is 5.89. The molecule has 2 N–H and O–H groups in total. The van der Waals surface area contributed by atoms with Crippen molar-refractivity contribution < 1.29 is 14.3 Å². The van der Waals surface area contributed by atoms with Crippen LogP contribution >= 0.6 is 12.4 Å². The Morgan fingerprint density at radius 1 is 1.23 bits per heavy atom. The van der Waals surface area contributed by atoms with E-state index in [1.807, 2.05) is 11.8 Å². The molecular weight excluding hydrogens is 304 g/mol. The van der Waals surface area contributed by atoms with Crippen LogP contribution in [0.2, 0.25) is 0 Å². The number of nitrogens with two attached hydrogens (primary N) is 1. The lowest BCUT2D eigenvalue weighted by Crippen LogP contribution is -2.82. The summed E-state index contributed by atoms with van der Waals surface area (Å²) in [5.41, 5.74) is 5.60. The maximum atomic E-state index is 13.2. The fourth-order valence-corrected chi connectivity index (χ4v) is 4.45. The highest BCUT2D eigenvalue weighted by atomic mass is 35.5. The zero-order valence-corrected chi connectivity index (χ0v) is 14.7. The van der Waals surface area contributed by atoms with Crippen LogP contribution in [0.1, 0.15) is 40.0 Å². The Bertz CT molecular complexity index is 432. The van der Waals surface area contributed by atoms with Gasteiger partial charge < -0.3 is 20.1 Å². The minimum atomic E-state index is -0.790. The number of rotatable bonds is 1. The van der Waals surface area contributed by atoms with Crippen molar-refractivity contribution in [3.8, 4) is 0 Å². The minimum Gasteiger partial charge on any atom is -0.377 e. The van der Waals surface area contributed by atoms with Gasteiger partial charge in [-0.2, -0.15) is 0 Å². The molecule has 128 valence electrons. The van der Waals surface area contributed by atoms with Gasteiger partial charge in [0.2, 0.25) is 5.91 Å². The monoisotopic (exact) mass is 332 g/mol. The zero-order chi connectivity index (χ0) is 15.3. The lowest BCUT2D eigenvalue weighted by molar-refractivity contribution is -0.230. The van der Waals surface area contributed by atoms with Crippen LogP contribution in [0.25, 0.3) is 0 Å². The van der Waals surface area contributed by atoms with E-state index in [1.165, 1.54) is 0 Å². The standard InChI is InChI=1S/C16H28N2O3.ClH/c1-11-10-18(7-5-9-20-11)14(19)16(17)12-6-4-8-21-13(12)15(16,2)3;/h11-13H,4-10,17H2,1-3H3;1H. The van der Waals surface area contributed by atoms with Gasteiger partial charge in [0.25, 0.3) is 0 Å². The molecule has 5 nitrogen and oxygen atoms in total. The summed E-state index contributed by atoms with van der Waals surface area (Å²) < 4.78 is 11.5. The molecule has 4 atom stereocenters. The van der Waals surface area contributed by atoms with Crippen LogP contribution in [-0.2, 0) is 14.3 Å². The third-order valence-corrected chi connectivity index (χ3v) is 5.78. The van der Waals surface area contributed by atoms with Gasteiger partial charge in [0.1, 0.15) is 5.54 Å². The van der Waals surface area contributed by atoms with Crippen molar-refractivity contribution in [1.82, 2.24) is 4.90 Å². The van der Waals surface area contributed by atoms with Crippen LogP contribution in [0.4, 0.5) is 0 Å². The third kappa shape index (κ3) is 2.46. The average molecular weight is 333 g/mol. The Morgan fingerprint density at radius 2 is 1.91 bits per heavy atom. The Labute approximate surface area is 139 Å². The van der Waals surface area contributed by atoms with Crippen molar-refractivity contribution in [3.05, 3.63) is 0 Å². The number of carbonyl (C=O) groups excluding carboxylic acids is 1. The van der Waals surface area contributed by atoms with Crippen molar-refractivity contribution in [3.63, 3.8) is 0 Å². The van der Waals surface area contributed by atoms with Crippen molar-refractivity contribution >= 4 is 18.3 Å². The maximum absolute atomic E-state index is 13.2. The van der Waals surface area contributed by atoms with E-state index in [4.69, 9.17) is 15.2 Å². The Balaban J connectivity index is 0.00000176. The molecule has 4 unspecified atom stereocenters. The maximum Gasteiger partial charge on any atom is 0.243 e. The molecule has 3 rings (SSSR count). The molecule has 2 aliphatic heterocycles. The molecule has 2 heterocycles. The van der Waals surface area contributed by atoms with E-state index in [-0.39, 0.29) is 41.9 Å². The summed E-state index contributed by atoms with van der Waals surface area (Å²) in [5, 5.41) is 0. The summed E-state index contributed by atoms with van der Waals surface area (Å²) in [7, 11) is 0. The number of halogens is 1. The second-order valence-electron chi connectivity index (χ2n) is 7.42. The predicted molar refractivity (Wildman–Crippen MR) is 87.0 cm³/mol. The molecule has 2 saturated heterocycles. The van der Waals surface area contributed by atoms with E-state index >= 15 is 0 Å². The molecule has 0 aromatic heterocycles. The average Bonchev–Trinajstić information content (AvgIpc) is 2.70. The molecular formula is C16H29ClN2O3. The number of carbonyl (C=O) groups is 1. The first-order valence-corrected chi connectivity index (χ1v) is 8.20. The quantitative estimate of drug-likeness (QED) is 0.791. The number of hydrogen-bond donors (Lipinski definition) is 1. The lowest BCUT2D eigenvalue weighted by atomic mass is 9.46. The van der Waals surface area contributed by atoms with Crippen LogP contribution in [-0.4, -0.2) is 54.9 Å². The fourth-order valence-electron chi connectivity index (χ4n) is 4.45. The molecule has 1 saturated carbocycles. The van der Waals surface area contributed by atoms with Crippen molar-refractivity contribution in [2.75, 3.05) is 26.3 Å². The Hall–Kier alpha value is -0.360. The smallest absolute Gasteiger partial charge is 0.243 e. The molecule has 0 aromatic rings.